The van der Waals surface area contributed by atoms with Crippen molar-refractivity contribution in [1.29, 1.82) is 0 Å². The molecular weight excluding hydrogens is 174 g/mol. The van der Waals surface area contributed by atoms with Gasteiger partial charge in [0.05, 0.1) is 7.11 Å². The molecule has 76 valence electrons. The molecule has 1 unspecified atom stereocenters. The van der Waals surface area contributed by atoms with Gasteiger partial charge in [-0.15, -0.1) is 0 Å². The molecule has 0 aliphatic heterocycles. The Morgan fingerprint density at radius 2 is 2.29 bits per heavy atom. The third kappa shape index (κ3) is 1.30. The number of rotatable bonds is 2. The van der Waals surface area contributed by atoms with Crippen LogP contribution >= 0.6 is 0 Å². The molecule has 1 aromatic carbocycles. The quantitative estimate of drug-likeness (QED) is 0.774. The normalized spacial score (nSPS) is 24.8. The van der Waals surface area contributed by atoms with Gasteiger partial charge in [-0.3, -0.25) is 0 Å². The predicted molar refractivity (Wildman–Crippen MR) is 57.7 cm³/mol. The van der Waals surface area contributed by atoms with Gasteiger partial charge in [0, 0.05) is 12.0 Å². The van der Waals surface area contributed by atoms with Crippen LogP contribution in [0.3, 0.4) is 0 Å². The van der Waals surface area contributed by atoms with E-state index in [1.54, 1.807) is 7.11 Å². The minimum absolute atomic E-state index is 0.182. The van der Waals surface area contributed by atoms with E-state index in [0.29, 0.717) is 0 Å². The fourth-order valence-corrected chi connectivity index (χ4v) is 2.25. The molecule has 2 heteroatoms. The minimum Gasteiger partial charge on any atom is -0.497 e. The molecule has 0 saturated heterocycles. The lowest BCUT2D eigenvalue weighted by molar-refractivity contribution is 0.414. The van der Waals surface area contributed by atoms with Crippen LogP contribution in [0.2, 0.25) is 0 Å². The first kappa shape index (κ1) is 9.53. The maximum Gasteiger partial charge on any atom is 0.119 e. The number of nitrogens with two attached hydrogens (primary N) is 1. The summed E-state index contributed by atoms with van der Waals surface area (Å²) < 4.78 is 5.21. The topological polar surface area (TPSA) is 35.2 Å². The first-order valence-corrected chi connectivity index (χ1v) is 5.07. The molecule has 0 amide bonds. The van der Waals surface area contributed by atoms with Gasteiger partial charge in [0.1, 0.15) is 5.75 Å². The highest BCUT2D eigenvalue weighted by atomic mass is 16.5. The van der Waals surface area contributed by atoms with Crippen LogP contribution in [0.15, 0.2) is 18.2 Å². The monoisotopic (exact) mass is 191 g/mol. The van der Waals surface area contributed by atoms with E-state index < -0.39 is 0 Å². The maximum atomic E-state index is 5.82. The highest BCUT2D eigenvalue weighted by Crippen LogP contribution is 2.39. The molecule has 0 heterocycles. The van der Waals surface area contributed by atoms with Crippen LogP contribution in [-0.4, -0.2) is 13.7 Å². The van der Waals surface area contributed by atoms with Crippen molar-refractivity contribution in [1.82, 2.24) is 0 Å². The molecule has 0 spiro atoms. The molecule has 2 N–H and O–H groups in total. The van der Waals surface area contributed by atoms with E-state index in [1.807, 2.05) is 6.07 Å². The molecule has 2 rings (SSSR count). The van der Waals surface area contributed by atoms with Gasteiger partial charge in [0.15, 0.2) is 0 Å². The molecular formula is C12H17NO. The third-order valence-electron chi connectivity index (χ3n) is 3.36. The van der Waals surface area contributed by atoms with Crippen molar-refractivity contribution in [2.75, 3.05) is 13.7 Å². The Labute approximate surface area is 85.1 Å². The molecule has 0 bridgehead atoms. The van der Waals surface area contributed by atoms with Crippen molar-refractivity contribution in [3.63, 3.8) is 0 Å². The highest BCUT2D eigenvalue weighted by Gasteiger charge is 2.32. The third-order valence-corrected chi connectivity index (χ3v) is 3.36. The molecule has 1 aromatic rings. The van der Waals surface area contributed by atoms with Gasteiger partial charge in [0.25, 0.3) is 0 Å². The number of aryl methyl sites for hydroxylation is 1. The second kappa shape index (κ2) is 3.28. The first-order chi connectivity index (χ1) is 6.69. The number of methoxy groups -OCH3 is 1. The Balaban J connectivity index is 2.43. The maximum absolute atomic E-state index is 5.82. The van der Waals surface area contributed by atoms with Gasteiger partial charge >= 0.3 is 0 Å². The van der Waals surface area contributed by atoms with Crippen LogP contribution in [0.4, 0.5) is 0 Å². The fourth-order valence-electron chi connectivity index (χ4n) is 2.25. The minimum atomic E-state index is 0.182. The summed E-state index contributed by atoms with van der Waals surface area (Å²) in [6, 6.07) is 6.32. The number of hydrogen-bond donors (Lipinski definition) is 1. The molecule has 1 aliphatic carbocycles. The zero-order valence-electron chi connectivity index (χ0n) is 8.84. The van der Waals surface area contributed by atoms with E-state index in [2.05, 4.69) is 19.1 Å². The number of fused-ring (bicyclic) bond motifs is 1. The molecule has 14 heavy (non-hydrogen) atoms. The number of hydrogen-bond acceptors (Lipinski definition) is 2. The molecule has 0 saturated carbocycles. The van der Waals surface area contributed by atoms with Crippen molar-refractivity contribution in [3.05, 3.63) is 29.3 Å². The molecule has 0 fully saturated rings. The second-order valence-electron chi connectivity index (χ2n) is 4.29. The van der Waals surface area contributed by atoms with Crippen molar-refractivity contribution < 1.29 is 4.74 Å². The van der Waals surface area contributed by atoms with Gasteiger partial charge in [0.2, 0.25) is 0 Å². The SMILES string of the molecule is COc1ccc2c(c1)CCC2(C)CN. The summed E-state index contributed by atoms with van der Waals surface area (Å²) in [5.74, 6) is 0.949. The zero-order valence-corrected chi connectivity index (χ0v) is 8.84. The van der Waals surface area contributed by atoms with Gasteiger partial charge in [-0.2, -0.15) is 0 Å². The van der Waals surface area contributed by atoms with Crippen molar-refractivity contribution >= 4 is 0 Å². The molecule has 2 nitrogen and oxygen atoms in total. The van der Waals surface area contributed by atoms with Crippen LogP contribution in [-0.2, 0) is 11.8 Å². The lowest BCUT2D eigenvalue weighted by Gasteiger charge is -2.23. The van der Waals surface area contributed by atoms with Crippen molar-refractivity contribution in [2.45, 2.75) is 25.2 Å². The molecule has 0 radical (unpaired) electrons. The molecule has 1 aliphatic rings. The molecule has 0 aromatic heterocycles. The van der Waals surface area contributed by atoms with Crippen LogP contribution in [0.1, 0.15) is 24.5 Å². The Morgan fingerprint density at radius 1 is 1.50 bits per heavy atom. The summed E-state index contributed by atoms with van der Waals surface area (Å²) >= 11 is 0. The van der Waals surface area contributed by atoms with E-state index in [9.17, 15) is 0 Å². The van der Waals surface area contributed by atoms with E-state index in [0.717, 1.165) is 25.1 Å². The van der Waals surface area contributed by atoms with Gasteiger partial charge in [-0.05, 0) is 36.1 Å². The Kier molecular flexibility index (Phi) is 2.23. The zero-order chi connectivity index (χ0) is 10.2. The summed E-state index contributed by atoms with van der Waals surface area (Å²) in [4.78, 5) is 0. The van der Waals surface area contributed by atoms with E-state index in [1.165, 1.54) is 11.1 Å². The average molecular weight is 191 g/mol. The Morgan fingerprint density at radius 3 is 2.93 bits per heavy atom. The highest BCUT2D eigenvalue weighted by molar-refractivity contribution is 5.43. The summed E-state index contributed by atoms with van der Waals surface area (Å²) in [6.07, 6.45) is 2.28. The largest absolute Gasteiger partial charge is 0.497 e. The molecule has 1 atom stereocenters. The van der Waals surface area contributed by atoms with E-state index in [4.69, 9.17) is 10.5 Å². The Bertz CT molecular complexity index is 348. The predicted octanol–water partition coefficient (Wildman–Crippen LogP) is 1.86. The van der Waals surface area contributed by atoms with Gasteiger partial charge < -0.3 is 10.5 Å². The van der Waals surface area contributed by atoms with Crippen LogP contribution in [0, 0.1) is 0 Å². The summed E-state index contributed by atoms with van der Waals surface area (Å²) in [5.41, 5.74) is 8.81. The average Bonchev–Trinajstić information content (AvgIpc) is 2.57. The number of ether oxygens (including phenoxy) is 1. The lowest BCUT2D eigenvalue weighted by Crippen LogP contribution is -2.28. The first-order valence-electron chi connectivity index (χ1n) is 5.07. The summed E-state index contributed by atoms with van der Waals surface area (Å²) in [5, 5.41) is 0. The van der Waals surface area contributed by atoms with E-state index >= 15 is 0 Å². The smallest absolute Gasteiger partial charge is 0.119 e. The second-order valence-corrected chi connectivity index (χ2v) is 4.29. The van der Waals surface area contributed by atoms with Crippen LogP contribution in [0.5, 0.6) is 5.75 Å². The van der Waals surface area contributed by atoms with E-state index in [-0.39, 0.29) is 5.41 Å². The summed E-state index contributed by atoms with van der Waals surface area (Å²) in [7, 11) is 1.71. The van der Waals surface area contributed by atoms with Crippen molar-refractivity contribution in [2.24, 2.45) is 5.73 Å². The lowest BCUT2D eigenvalue weighted by atomic mass is 9.84. The fraction of sp³-hybridized carbons (Fsp3) is 0.500. The Hall–Kier alpha value is -1.02. The van der Waals surface area contributed by atoms with Crippen LogP contribution < -0.4 is 10.5 Å². The van der Waals surface area contributed by atoms with Crippen molar-refractivity contribution in [3.8, 4) is 5.75 Å². The van der Waals surface area contributed by atoms with Gasteiger partial charge in [-0.25, -0.2) is 0 Å². The van der Waals surface area contributed by atoms with Crippen LogP contribution in [0.25, 0.3) is 0 Å². The number of benzene rings is 1. The summed E-state index contributed by atoms with van der Waals surface area (Å²) in [6.45, 7) is 2.97. The van der Waals surface area contributed by atoms with Gasteiger partial charge in [-0.1, -0.05) is 13.0 Å². The standard InChI is InChI=1S/C12H17NO/c1-12(8-13)6-5-9-7-10(14-2)3-4-11(9)12/h3-4,7H,5-6,8,13H2,1-2H3.